The Balaban J connectivity index is 0.000000200. The average Bonchev–Trinajstić information content (AvgIpc) is 3.25. The largest absolute Gasteiger partial charge is 0.493 e. The maximum absolute atomic E-state index is 9.96. The Labute approximate surface area is 115 Å². The van der Waals surface area contributed by atoms with Crippen LogP contribution in [-0.2, 0) is 4.79 Å². The highest BCUT2D eigenvalue weighted by atomic mass is 16.5. The van der Waals surface area contributed by atoms with Crippen LogP contribution in [0.2, 0.25) is 0 Å². The summed E-state index contributed by atoms with van der Waals surface area (Å²) in [5, 5.41) is 0. The number of nitrogens with zero attached hydrogens (tertiary/aromatic N) is 1. The van der Waals surface area contributed by atoms with E-state index in [1.807, 2.05) is 0 Å². The molecule has 19 heavy (non-hydrogen) atoms. The lowest BCUT2D eigenvalue weighted by Gasteiger charge is -2.12. The van der Waals surface area contributed by atoms with Crippen molar-refractivity contribution >= 4 is 6.47 Å². The lowest BCUT2D eigenvalue weighted by molar-refractivity contribution is -0.120. The quantitative estimate of drug-likeness (QED) is 0.741. The topological polar surface area (TPSA) is 38.8 Å². The van der Waals surface area contributed by atoms with Gasteiger partial charge >= 0.3 is 0 Å². The highest BCUT2D eigenvalue weighted by Gasteiger charge is 2.24. The van der Waals surface area contributed by atoms with Gasteiger partial charge in [0.05, 0.1) is 7.11 Å². The van der Waals surface area contributed by atoms with E-state index in [0.29, 0.717) is 18.0 Å². The van der Waals surface area contributed by atoms with Gasteiger partial charge in [-0.1, -0.05) is 19.1 Å². The zero-order valence-corrected chi connectivity index (χ0v) is 12.0. The number of carbonyl (C=O) groups excluding carboxylic acids is 1. The minimum absolute atomic E-state index is 0.373. The summed E-state index contributed by atoms with van der Waals surface area (Å²) in [6, 6.07) is 7.90. The summed E-state index contributed by atoms with van der Waals surface area (Å²) in [5.74, 6) is 0.990. The van der Waals surface area contributed by atoms with Gasteiger partial charge in [0.15, 0.2) is 11.5 Å². The maximum atomic E-state index is 9.96. The van der Waals surface area contributed by atoms with Crippen molar-refractivity contribution in [1.29, 1.82) is 0 Å². The van der Waals surface area contributed by atoms with E-state index in [1.54, 1.807) is 24.3 Å². The van der Waals surface area contributed by atoms with E-state index < -0.39 is 0 Å². The normalized spacial score (nSPS) is 13.5. The average molecular weight is 265 g/mol. The van der Waals surface area contributed by atoms with E-state index in [9.17, 15) is 4.79 Å². The fraction of sp³-hybridized carbons (Fsp3) is 0.533. The van der Waals surface area contributed by atoms with Gasteiger partial charge < -0.3 is 14.4 Å². The molecular formula is C15H23NO3. The van der Waals surface area contributed by atoms with Crippen molar-refractivity contribution in [3.8, 4) is 11.5 Å². The molecule has 4 nitrogen and oxygen atoms in total. The van der Waals surface area contributed by atoms with E-state index >= 15 is 0 Å². The van der Waals surface area contributed by atoms with Crippen LogP contribution in [0.15, 0.2) is 24.3 Å². The number of benzene rings is 1. The minimum Gasteiger partial charge on any atom is -0.493 e. The Morgan fingerprint density at radius 1 is 1.32 bits per heavy atom. The van der Waals surface area contributed by atoms with Crippen LogP contribution in [0.3, 0.4) is 0 Å². The number of ether oxygens (including phenoxy) is 2. The fourth-order valence-electron chi connectivity index (χ4n) is 1.82. The van der Waals surface area contributed by atoms with Crippen molar-refractivity contribution in [1.82, 2.24) is 4.90 Å². The summed E-state index contributed by atoms with van der Waals surface area (Å²) >= 11 is 0. The van der Waals surface area contributed by atoms with Crippen molar-refractivity contribution < 1.29 is 14.3 Å². The monoisotopic (exact) mass is 265 g/mol. The Bertz CT molecular complexity index is 377. The molecule has 0 aromatic heterocycles. The van der Waals surface area contributed by atoms with Gasteiger partial charge in [-0.25, -0.2) is 0 Å². The first-order chi connectivity index (χ1) is 9.22. The molecule has 1 saturated carbocycles. The number of methoxy groups -OCH3 is 1. The van der Waals surface area contributed by atoms with Crippen molar-refractivity contribution in [2.24, 2.45) is 0 Å². The van der Waals surface area contributed by atoms with Crippen LogP contribution in [0.4, 0.5) is 0 Å². The molecule has 0 N–H and O–H groups in total. The molecule has 4 heteroatoms. The highest BCUT2D eigenvalue weighted by molar-refractivity contribution is 5.50. The van der Waals surface area contributed by atoms with Crippen LogP contribution in [0.5, 0.6) is 11.5 Å². The van der Waals surface area contributed by atoms with Gasteiger partial charge in [-0.05, 0) is 45.0 Å². The van der Waals surface area contributed by atoms with Gasteiger partial charge in [-0.3, -0.25) is 4.79 Å². The van der Waals surface area contributed by atoms with Crippen LogP contribution in [0.25, 0.3) is 0 Å². The third kappa shape index (κ3) is 5.75. The molecule has 0 spiro atoms. The van der Waals surface area contributed by atoms with Crippen molar-refractivity contribution in [3.05, 3.63) is 24.3 Å². The number of hydrogen-bond donors (Lipinski definition) is 0. The summed E-state index contributed by atoms with van der Waals surface area (Å²) in [6.45, 7) is 3.89. The predicted molar refractivity (Wildman–Crippen MR) is 75.6 cm³/mol. The Kier molecular flexibility index (Phi) is 6.97. The Hall–Kier alpha value is -1.55. The lowest BCUT2D eigenvalue weighted by atomic mass is 10.3. The molecule has 0 bridgehead atoms. The van der Waals surface area contributed by atoms with E-state index in [2.05, 4.69) is 23.6 Å². The Morgan fingerprint density at radius 2 is 1.95 bits per heavy atom. The number of para-hydroxylation sites is 2. The van der Waals surface area contributed by atoms with Gasteiger partial charge in [0.25, 0.3) is 6.47 Å². The van der Waals surface area contributed by atoms with Gasteiger partial charge in [0.2, 0.25) is 0 Å². The van der Waals surface area contributed by atoms with E-state index in [-0.39, 0.29) is 0 Å². The van der Waals surface area contributed by atoms with Crippen LogP contribution >= 0.6 is 0 Å². The smallest absolute Gasteiger partial charge is 0.298 e. The summed E-state index contributed by atoms with van der Waals surface area (Å²) in [7, 11) is 3.74. The van der Waals surface area contributed by atoms with Crippen LogP contribution in [-0.4, -0.2) is 38.1 Å². The number of hydrogen-bond acceptors (Lipinski definition) is 4. The molecule has 0 aliphatic heterocycles. The molecule has 0 radical (unpaired) electrons. The first-order valence-electron chi connectivity index (χ1n) is 6.66. The first kappa shape index (κ1) is 15.5. The molecule has 0 amide bonds. The van der Waals surface area contributed by atoms with Crippen LogP contribution in [0, 0.1) is 0 Å². The molecular weight excluding hydrogens is 242 g/mol. The van der Waals surface area contributed by atoms with E-state index in [4.69, 9.17) is 4.74 Å². The molecule has 2 rings (SSSR count). The molecule has 106 valence electrons. The summed E-state index contributed by atoms with van der Waals surface area (Å²) < 4.78 is 9.54. The second-order valence-corrected chi connectivity index (χ2v) is 4.58. The number of carbonyl (C=O) groups is 1. The number of rotatable bonds is 6. The minimum atomic E-state index is 0.373. The standard InChI is InChI=1S/C8H8O3.C7H15N/c1-10-7-4-2-3-5-8(7)11-6-9;1-3-6-8(2)7-4-5-7/h2-6H,1H3;7H,3-6H2,1-2H3. The predicted octanol–water partition coefficient (Wildman–Crippen LogP) is 2.72. The zero-order valence-electron chi connectivity index (χ0n) is 12.0. The zero-order chi connectivity index (χ0) is 14.1. The summed E-state index contributed by atoms with van der Waals surface area (Å²) in [4.78, 5) is 12.4. The van der Waals surface area contributed by atoms with Crippen LogP contribution < -0.4 is 9.47 Å². The summed E-state index contributed by atoms with van der Waals surface area (Å²) in [5.41, 5.74) is 0. The summed E-state index contributed by atoms with van der Waals surface area (Å²) in [6.07, 6.45) is 4.18. The fourth-order valence-corrected chi connectivity index (χ4v) is 1.82. The van der Waals surface area contributed by atoms with Gasteiger partial charge in [0.1, 0.15) is 0 Å². The van der Waals surface area contributed by atoms with E-state index in [0.717, 1.165) is 6.04 Å². The highest BCUT2D eigenvalue weighted by Crippen LogP contribution is 2.25. The van der Waals surface area contributed by atoms with Gasteiger partial charge in [-0.2, -0.15) is 0 Å². The third-order valence-electron chi connectivity index (χ3n) is 2.99. The SMILES string of the molecule is CCCN(C)C1CC1.COc1ccccc1OC=O. The maximum Gasteiger partial charge on any atom is 0.298 e. The molecule has 0 saturated heterocycles. The molecule has 1 aliphatic carbocycles. The van der Waals surface area contributed by atoms with Crippen LogP contribution in [0.1, 0.15) is 26.2 Å². The van der Waals surface area contributed by atoms with E-state index in [1.165, 1.54) is 32.9 Å². The molecule has 0 unspecified atom stereocenters. The first-order valence-corrected chi connectivity index (χ1v) is 6.66. The van der Waals surface area contributed by atoms with Crippen molar-refractivity contribution in [2.45, 2.75) is 32.2 Å². The second kappa shape index (κ2) is 8.53. The molecule has 0 heterocycles. The second-order valence-electron chi connectivity index (χ2n) is 4.58. The van der Waals surface area contributed by atoms with Crippen molar-refractivity contribution in [2.75, 3.05) is 20.7 Å². The third-order valence-corrected chi connectivity index (χ3v) is 2.99. The lowest BCUT2D eigenvalue weighted by Crippen LogP contribution is -2.20. The molecule has 1 aromatic rings. The molecule has 1 aromatic carbocycles. The molecule has 1 aliphatic rings. The van der Waals surface area contributed by atoms with Crippen molar-refractivity contribution in [3.63, 3.8) is 0 Å². The molecule has 1 fully saturated rings. The molecule has 0 atom stereocenters. The Morgan fingerprint density at radius 3 is 2.42 bits per heavy atom. The van der Waals surface area contributed by atoms with Gasteiger partial charge in [-0.15, -0.1) is 0 Å². The van der Waals surface area contributed by atoms with Gasteiger partial charge in [0, 0.05) is 6.04 Å².